The van der Waals surface area contributed by atoms with E-state index in [1.165, 1.54) is 0 Å². The van der Waals surface area contributed by atoms with Crippen molar-refractivity contribution in [3.63, 3.8) is 0 Å². The van der Waals surface area contributed by atoms with Crippen LogP contribution in [-0.4, -0.2) is 35.4 Å². The lowest BCUT2D eigenvalue weighted by Crippen LogP contribution is -2.19. The Morgan fingerprint density at radius 3 is 2.64 bits per heavy atom. The van der Waals surface area contributed by atoms with Crippen molar-refractivity contribution in [2.45, 2.75) is 27.3 Å². The van der Waals surface area contributed by atoms with Crippen molar-refractivity contribution in [2.75, 3.05) is 14.2 Å². The number of imidazole rings is 1. The van der Waals surface area contributed by atoms with Gasteiger partial charge >= 0.3 is 0 Å². The summed E-state index contributed by atoms with van der Waals surface area (Å²) in [4.78, 5) is 17.1. The van der Waals surface area contributed by atoms with Crippen LogP contribution in [0.1, 0.15) is 35.6 Å². The fraction of sp³-hybridized carbons (Fsp3) is 0.286. The summed E-state index contributed by atoms with van der Waals surface area (Å²) in [5.74, 6) is 1.94. The Morgan fingerprint density at radius 2 is 1.96 bits per heavy atom. The zero-order valence-corrected chi connectivity index (χ0v) is 16.7. The summed E-state index contributed by atoms with van der Waals surface area (Å²) in [6, 6.07) is 10.9. The predicted molar refractivity (Wildman–Crippen MR) is 109 cm³/mol. The molecule has 0 aliphatic rings. The molecule has 146 valence electrons. The molecule has 3 rings (SSSR count). The normalized spacial score (nSPS) is 11.5. The van der Waals surface area contributed by atoms with Crippen molar-refractivity contribution >= 4 is 22.7 Å². The topological polar surface area (TPSA) is 77.7 Å². The Bertz CT molecular complexity index is 1050. The molecular formula is C21H24N4O3. The third-order valence-corrected chi connectivity index (χ3v) is 4.64. The number of hydrogen-bond acceptors (Lipinski definition) is 5. The summed E-state index contributed by atoms with van der Waals surface area (Å²) < 4.78 is 12.7. The van der Waals surface area contributed by atoms with Gasteiger partial charge in [0.2, 0.25) is 0 Å². The number of aryl methyl sites for hydroxylation is 2. The molecule has 1 N–H and O–H groups in total. The van der Waals surface area contributed by atoms with E-state index in [0.717, 1.165) is 29.0 Å². The van der Waals surface area contributed by atoms with E-state index < -0.39 is 0 Å². The van der Waals surface area contributed by atoms with E-state index >= 15 is 0 Å². The first kappa shape index (κ1) is 19.4. The number of methoxy groups -OCH3 is 2. The molecule has 28 heavy (non-hydrogen) atoms. The van der Waals surface area contributed by atoms with Gasteiger partial charge in [0.1, 0.15) is 17.3 Å². The molecule has 0 saturated carbocycles. The van der Waals surface area contributed by atoms with Crippen LogP contribution >= 0.6 is 0 Å². The van der Waals surface area contributed by atoms with Gasteiger partial charge in [-0.25, -0.2) is 10.4 Å². The number of amides is 1. The first-order chi connectivity index (χ1) is 13.5. The number of nitrogens with one attached hydrogen (secondary N) is 1. The van der Waals surface area contributed by atoms with Gasteiger partial charge in [0.15, 0.2) is 0 Å². The van der Waals surface area contributed by atoms with Crippen LogP contribution in [-0.2, 0) is 6.54 Å². The Kier molecular flexibility index (Phi) is 5.63. The van der Waals surface area contributed by atoms with Crippen LogP contribution in [0, 0.1) is 6.92 Å². The Morgan fingerprint density at radius 1 is 1.18 bits per heavy atom. The van der Waals surface area contributed by atoms with Gasteiger partial charge in [-0.1, -0.05) is 0 Å². The van der Waals surface area contributed by atoms with Crippen molar-refractivity contribution in [1.29, 1.82) is 0 Å². The monoisotopic (exact) mass is 380 g/mol. The van der Waals surface area contributed by atoms with Gasteiger partial charge in [-0.05, 0) is 51.1 Å². The molecule has 0 aliphatic heterocycles. The summed E-state index contributed by atoms with van der Waals surface area (Å²) in [5.41, 5.74) is 6.32. The lowest BCUT2D eigenvalue weighted by atomic mass is 10.1. The summed E-state index contributed by atoms with van der Waals surface area (Å²) in [6.07, 6.45) is 0. The van der Waals surface area contributed by atoms with Crippen molar-refractivity contribution in [2.24, 2.45) is 5.10 Å². The number of ether oxygens (including phenoxy) is 2. The summed E-state index contributed by atoms with van der Waals surface area (Å²) >= 11 is 0. The van der Waals surface area contributed by atoms with Crippen LogP contribution in [0.25, 0.3) is 11.0 Å². The first-order valence-corrected chi connectivity index (χ1v) is 9.02. The van der Waals surface area contributed by atoms with Crippen molar-refractivity contribution in [1.82, 2.24) is 15.0 Å². The van der Waals surface area contributed by atoms with Crippen LogP contribution in [0.15, 0.2) is 41.5 Å². The highest BCUT2D eigenvalue weighted by molar-refractivity contribution is 6.03. The fourth-order valence-corrected chi connectivity index (χ4v) is 3.15. The van der Waals surface area contributed by atoms with Crippen molar-refractivity contribution in [3.8, 4) is 11.5 Å². The van der Waals surface area contributed by atoms with E-state index in [1.54, 1.807) is 39.3 Å². The predicted octanol–water partition coefficient (Wildman–Crippen LogP) is 3.54. The Labute approximate surface area is 164 Å². The van der Waals surface area contributed by atoms with Gasteiger partial charge in [0.25, 0.3) is 5.91 Å². The second-order valence-corrected chi connectivity index (χ2v) is 6.31. The summed E-state index contributed by atoms with van der Waals surface area (Å²) in [5, 5.41) is 4.22. The van der Waals surface area contributed by atoms with E-state index in [-0.39, 0.29) is 5.91 Å². The van der Waals surface area contributed by atoms with Crippen LogP contribution in [0.2, 0.25) is 0 Å². The number of aromatic nitrogens is 2. The molecule has 0 saturated heterocycles. The maximum Gasteiger partial charge on any atom is 0.271 e. The lowest BCUT2D eigenvalue weighted by molar-refractivity contribution is 0.0955. The molecule has 0 aliphatic carbocycles. The Hall–Kier alpha value is -3.35. The number of hydrogen-bond donors (Lipinski definition) is 1. The molecule has 0 atom stereocenters. The number of nitrogens with zero attached hydrogens (tertiary/aromatic N) is 3. The van der Waals surface area contributed by atoms with Crippen LogP contribution < -0.4 is 14.9 Å². The molecule has 0 unspecified atom stereocenters. The van der Waals surface area contributed by atoms with Gasteiger partial charge in [-0.2, -0.15) is 5.10 Å². The Balaban J connectivity index is 1.82. The minimum Gasteiger partial charge on any atom is -0.497 e. The minimum absolute atomic E-state index is 0.294. The highest BCUT2D eigenvalue weighted by atomic mass is 16.5. The van der Waals surface area contributed by atoms with E-state index in [0.29, 0.717) is 22.8 Å². The molecule has 0 fully saturated rings. The maximum absolute atomic E-state index is 12.5. The smallest absolute Gasteiger partial charge is 0.271 e. The van der Waals surface area contributed by atoms with Gasteiger partial charge in [-0.15, -0.1) is 0 Å². The largest absolute Gasteiger partial charge is 0.497 e. The third-order valence-electron chi connectivity index (χ3n) is 4.64. The first-order valence-electron chi connectivity index (χ1n) is 9.02. The quantitative estimate of drug-likeness (QED) is 0.524. The van der Waals surface area contributed by atoms with Crippen molar-refractivity contribution < 1.29 is 14.3 Å². The molecule has 0 radical (unpaired) electrons. The SMILES string of the molecule is CCn1c(C)nc2cc(C(=O)N/N=C(/C)c3ccc(OC)cc3OC)ccc21. The molecule has 7 nitrogen and oxygen atoms in total. The minimum atomic E-state index is -0.294. The standard InChI is InChI=1S/C21H24N4O3/c1-6-25-14(3)22-18-11-15(7-10-19(18)25)21(26)24-23-13(2)17-9-8-16(27-4)12-20(17)28-5/h7-12H,6H2,1-5H3,(H,24,26)/b23-13-. The van der Waals surface area contributed by atoms with Gasteiger partial charge in [0.05, 0.1) is 31.0 Å². The van der Waals surface area contributed by atoms with E-state index in [4.69, 9.17) is 9.47 Å². The van der Waals surface area contributed by atoms with Gasteiger partial charge in [-0.3, -0.25) is 4.79 Å². The lowest BCUT2D eigenvalue weighted by Gasteiger charge is -2.10. The molecular weight excluding hydrogens is 356 g/mol. The third kappa shape index (κ3) is 3.69. The van der Waals surface area contributed by atoms with Crippen molar-refractivity contribution in [3.05, 3.63) is 53.3 Å². The van der Waals surface area contributed by atoms with Crippen LogP contribution in [0.3, 0.4) is 0 Å². The zero-order valence-electron chi connectivity index (χ0n) is 16.7. The fourth-order valence-electron chi connectivity index (χ4n) is 3.15. The number of rotatable bonds is 6. The molecule has 1 aromatic heterocycles. The molecule has 7 heteroatoms. The van der Waals surface area contributed by atoms with E-state index in [9.17, 15) is 4.79 Å². The highest BCUT2D eigenvalue weighted by Gasteiger charge is 2.12. The molecule has 3 aromatic rings. The summed E-state index contributed by atoms with van der Waals surface area (Å²) in [7, 11) is 3.17. The number of hydrazone groups is 1. The number of benzene rings is 2. The molecule has 1 heterocycles. The number of carbonyl (C=O) groups is 1. The number of carbonyl (C=O) groups excluding carboxylic acids is 1. The van der Waals surface area contributed by atoms with Crippen LogP contribution in [0.5, 0.6) is 11.5 Å². The van der Waals surface area contributed by atoms with E-state index in [2.05, 4.69) is 27.0 Å². The molecule has 0 spiro atoms. The molecule has 2 aromatic carbocycles. The highest BCUT2D eigenvalue weighted by Crippen LogP contribution is 2.25. The maximum atomic E-state index is 12.5. The number of fused-ring (bicyclic) bond motifs is 1. The summed E-state index contributed by atoms with van der Waals surface area (Å²) in [6.45, 7) is 6.67. The second-order valence-electron chi connectivity index (χ2n) is 6.31. The van der Waals surface area contributed by atoms with E-state index in [1.807, 2.05) is 25.1 Å². The molecule has 0 bridgehead atoms. The second kappa shape index (κ2) is 8.12. The van der Waals surface area contributed by atoms with Crippen LogP contribution in [0.4, 0.5) is 0 Å². The average molecular weight is 380 g/mol. The van der Waals surface area contributed by atoms with Gasteiger partial charge in [0, 0.05) is 23.7 Å². The average Bonchev–Trinajstić information content (AvgIpc) is 3.04. The van der Waals surface area contributed by atoms with Gasteiger partial charge < -0.3 is 14.0 Å². The zero-order chi connectivity index (χ0) is 20.3. The molecule has 1 amide bonds.